The lowest BCUT2D eigenvalue weighted by Crippen LogP contribution is -2.26. The van der Waals surface area contributed by atoms with Crippen LogP contribution in [0.15, 0.2) is 82.7 Å². The average Bonchev–Trinajstić information content (AvgIpc) is 3.55. The molecule has 0 N–H and O–H groups in total. The first-order valence-electron chi connectivity index (χ1n) is 12.6. The van der Waals surface area contributed by atoms with E-state index in [-0.39, 0.29) is 23.7 Å². The van der Waals surface area contributed by atoms with E-state index in [0.717, 1.165) is 22.4 Å². The fourth-order valence-corrected chi connectivity index (χ4v) is 5.84. The number of methoxy groups -OCH3 is 2. The van der Waals surface area contributed by atoms with E-state index in [9.17, 15) is 9.59 Å². The topological polar surface area (TPSA) is 91.0 Å². The van der Waals surface area contributed by atoms with E-state index >= 15 is 0 Å². The number of nitrogens with zero attached hydrogens (tertiary/aromatic N) is 5. The molecule has 1 aromatic heterocycles. The van der Waals surface area contributed by atoms with Crippen LogP contribution in [0.1, 0.15) is 29.5 Å². The Morgan fingerprint density at radius 1 is 1.02 bits per heavy atom. The maximum absolute atomic E-state index is 13.7. The molecule has 0 fully saturated rings. The number of aromatic nitrogens is 3. The highest BCUT2D eigenvalue weighted by Crippen LogP contribution is 2.39. The van der Waals surface area contributed by atoms with Crippen LogP contribution in [-0.4, -0.2) is 52.8 Å². The average molecular weight is 578 g/mol. The second kappa shape index (κ2) is 11.7. The van der Waals surface area contributed by atoms with Gasteiger partial charge in [-0.3, -0.25) is 4.79 Å². The molecule has 2 atom stereocenters. The first kappa shape index (κ1) is 27.6. The van der Waals surface area contributed by atoms with E-state index in [1.54, 1.807) is 32.0 Å². The van der Waals surface area contributed by atoms with Gasteiger partial charge in [-0.1, -0.05) is 60.1 Å². The highest BCUT2D eigenvalue weighted by atomic mass is 35.5. The Hall–Kier alpha value is -3.94. The highest BCUT2D eigenvalue weighted by molar-refractivity contribution is 7.72. The van der Waals surface area contributed by atoms with Gasteiger partial charge in [-0.05, 0) is 47.6 Å². The van der Waals surface area contributed by atoms with Crippen molar-refractivity contribution < 1.29 is 14.3 Å². The molecule has 5 rings (SSSR count). The Morgan fingerprint density at radius 3 is 2.38 bits per heavy atom. The summed E-state index contributed by atoms with van der Waals surface area (Å²) in [4.78, 5) is 26.2. The van der Waals surface area contributed by atoms with E-state index in [1.165, 1.54) is 15.9 Å². The van der Waals surface area contributed by atoms with Crippen molar-refractivity contribution in [3.63, 3.8) is 0 Å². The number of anilines is 1. The number of halogens is 1. The summed E-state index contributed by atoms with van der Waals surface area (Å²) in [5.41, 5.74) is 3.17. The SMILES string of the molecule is COc1ccc(Cn2nc(N3CC(c4ccccc4)C(c4ccc(Cl)cc4)=N3)n(P(C)C(C)=O)c2=O)cc1OC. The van der Waals surface area contributed by atoms with Gasteiger partial charge in [0.05, 0.1) is 41.1 Å². The van der Waals surface area contributed by atoms with Gasteiger partial charge in [0.1, 0.15) is 0 Å². The number of benzene rings is 3. The van der Waals surface area contributed by atoms with Gasteiger partial charge < -0.3 is 9.47 Å². The molecule has 0 bridgehead atoms. The van der Waals surface area contributed by atoms with Gasteiger partial charge in [0.2, 0.25) is 0 Å². The molecule has 1 aliphatic rings. The van der Waals surface area contributed by atoms with E-state index in [0.29, 0.717) is 29.0 Å². The molecule has 11 heteroatoms. The summed E-state index contributed by atoms with van der Waals surface area (Å²) in [6.07, 6.45) is 0. The van der Waals surface area contributed by atoms with E-state index in [4.69, 9.17) is 31.3 Å². The van der Waals surface area contributed by atoms with Crippen molar-refractivity contribution in [2.24, 2.45) is 5.10 Å². The predicted molar refractivity (Wildman–Crippen MR) is 159 cm³/mol. The minimum absolute atomic E-state index is 0.0812. The maximum Gasteiger partial charge on any atom is 0.351 e. The molecule has 2 unspecified atom stereocenters. The summed E-state index contributed by atoms with van der Waals surface area (Å²) in [6, 6.07) is 23.1. The lowest BCUT2D eigenvalue weighted by Gasteiger charge is -2.18. The molecule has 0 saturated carbocycles. The normalized spacial score (nSPS) is 15.6. The number of rotatable bonds is 9. The van der Waals surface area contributed by atoms with Crippen LogP contribution in [0.5, 0.6) is 11.5 Å². The van der Waals surface area contributed by atoms with Gasteiger partial charge in [-0.15, -0.1) is 5.10 Å². The van der Waals surface area contributed by atoms with Crippen LogP contribution < -0.4 is 20.2 Å². The minimum atomic E-state index is -1.50. The Bertz CT molecular complexity index is 1620. The predicted octanol–water partition coefficient (Wildman–Crippen LogP) is 5.19. The summed E-state index contributed by atoms with van der Waals surface area (Å²) in [6.45, 7) is 3.90. The van der Waals surface area contributed by atoms with Crippen molar-refractivity contribution in [2.45, 2.75) is 19.4 Å². The molecular weight excluding hydrogens is 549 g/mol. The van der Waals surface area contributed by atoms with Crippen LogP contribution in [0.25, 0.3) is 0 Å². The third-order valence-corrected chi connectivity index (χ3v) is 8.94. The van der Waals surface area contributed by atoms with Crippen molar-refractivity contribution in [3.8, 4) is 11.5 Å². The van der Waals surface area contributed by atoms with Gasteiger partial charge in [-0.25, -0.2) is 18.8 Å². The van der Waals surface area contributed by atoms with Crippen LogP contribution in [0.4, 0.5) is 5.95 Å². The molecule has 0 spiro atoms. The number of ether oxygens (including phenoxy) is 2. The molecule has 3 aromatic carbocycles. The quantitative estimate of drug-likeness (QED) is 0.254. The zero-order valence-electron chi connectivity index (χ0n) is 22.6. The molecule has 206 valence electrons. The third kappa shape index (κ3) is 5.40. The van der Waals surface area contributed by atoms with Crippen LogP contribution in [-0.2, 0) is 11.3 Å². The standard InChI is InChI=1S/C29H29ClN5O4P/c1-19(36)40(4)35-28(32-34(29(35)37)17-20-10-15-25(38-2)26(16-20)39-3)33-18-24(21-8-6-5-7-9-21)27(31-33)22-11-13-23(30)14-12-22/h5-16,24H,17-18H2,1-4H3. The first-order valence-corrected chi connectivity index (χ1v) is 14.7. The van der Waals surface area contributed by atoms with E-state index < -0.39 is 8.07 Å². The molecule has 2 heterocycles. The Morgan fingerprint density at radius 2 is 1.73 bits per heavy atom. The Labute approximate surface area is 238 Å². The molecule has 0 amide bonds. The molecule has 40 heavy (non-hydrogen) atoms. The van der Waals surface area contributed by atoms with Crippen molar-refractivity contribution in [2.75, 3.05) is 32.4 Å². The number of hydrazone groups is 1. The van der Waals surface area contributed by atoms with Crippen molar-refractivity contribution in [3.05, 3.63) is 105 Å². The zero-order chi connectivity index (χ0) is 28.4. The monoisotopic (exact) mass is 577 g/mol. The fraction of sp³-hybridized carbons (Fsp3) is 0.241. The van der Waals surface area contributed by atoms with Crippen LogP contribution in [0.3, 0.4) is 0 Å². The molecule has 4 aromatic rings. The van der Waals surface area contributed by atoms with Gasteiger partial charge >= 0.3 is 5.69 Å². The largest absolute Gasteiger partial charge is 0.493 e. The van der Waals surface area contributed by atoms with Crippen LogP contribution in [0, 0.1) is 0 Å². The first-order chi connectivity index (χ1) is 19.3. The van der Waals surface area contributed by atoms with Crippen molar-refractivity contribution in [1.82, 2.24) is 14.1 Å². The number of hydrogen-bond donors (Lipinski definition) is 0. The Balaban J connectivity index is 1.59. The molecule has 0 radical (unpaired) electrons. The van der Waals surface area contributed by atoms with Crippen molar-refractivity contribution in [1.29, 1.82) is 0 Å². The van der Waals surface area contributed by atoms with Gasteiger partial charge in [-0.2, -0.15) is 5.10 Å². The molecule has 0 saturated heterocycles. The summed E-state index contributed by atoms with van der Waals surface area (Å²) in [5.74, 6) is 1.39. The van der Waals surface area contributed by atoms with E-state index in [1.807, 2.05) is 54.6 Å². The third-order valence-electron chi connectivity index (χ3n) is 6.82. The maximum atomic E-state index is 13.7. The lowest BCUT2D eigenvalue weighted by atomic mass is 9.91. The van der Waals surface area contributed by atoms with Gasteiger partial charge in [0.25, 0.3) is 5.95 Å². The van der Waals surface area contributed by atoms with Gasteiger partial charge in [0, 0.05) is 17.9 Å². The van der Waals surface area contributed by atoms with Gasteiger partial charge in [0.15, 0.2) is 17.0 Å². The Kier molecular flexibility index (Phi) is 8.05. The zero-order valence-corrected chi connectivity index (χ0v) is 24.3. The molecule has 1 aliphatic heterocycles. The fourth-order valence-electron chi connectivity index (χ4n) is 4.66. The molecule has 0 aliphatic carbocycles. The second-order valence-electron chi connectivity index (χ2n) is 9.32. The van der Waals surface area contributed by atoms with Crippen molar-refractivity contribution >= 4 is 36.9 Å². The highest BCUT2D eigenvalue weighted by Gasteiger charge is 2.34. The number of carbonyl (C=O) groups excluding carboxylic acids is 1. The van der Waals surface area contributed by atoms with Crippen LogP contribution >= 0.6 is 19.7 Å². The summed E-state index contributed by atoms with van der Waals surface area (Å²) < 4.78 is 13.6. The number of carbonyl (C=O) groups is 1. The summed E-state index contributed by atoms with van der Waals surface area (Å²) in [7, 11) is 1.63. The van der Waals surface area contributed by atoms with E-state index in [2.05, 4.69) is 12.1 Å². The summed E-state index contributed by atoms with van der Waals surface area (Å²) >= 11 is 6.16. The minimum Gasteiger partial charge on any atom is -0.493 e. The molecular formula is C29H29ClN5O4P. The molecule has 9 nitrogen and oxygen atoms in total. The van der Waals surface area contributed by atoms with Crippen LogP contribution in [0.2, 0.25) is 5.02 Å². The second-order valence-corrected chi connectivity index (χ2v) is 11.8. The lowest BCUT2D eigenvalue weighted by molar-refractivity contribution is -0.109. The smallest absolute Gasteiger partial charge is 0.351 e. The number of hydrogen-bond acceptors (Lipinski definition) is 7. The summed E-state index contributed by atoms with van der Waals surface area (Å²) in [5, 5.41) is 12.0.